The third kappa shape index (κ3) is 12.0. The van der Waals surface area contributed by atoms with Crippen molar-refractivity contribution in [2.45, 2.75) is 116 Å². The van der Waals surface area contributed by atoms with Gasteiger partial charge in [0.15, 0.2) is 28.8 Å². The lowest BCUT2D eigenvalue weighted by atomic mass is 10.0. The van der Waals surface area contributed by atoms with Gasteiger partial charge in [0.2, 0.25) is 0 Å². The largest absolute Gasteiger partial charge is 0.454 e. The van der Waals surface area contributed by atoms with Crippen LogP contribution in [-0.4, -0.2) is 65.6 Å². The van der Waals surface area contributed by atoms with Crippen LogP contribution in [0.4, 0.5) is 4.79 Å². The molecular weight excluding hydrogens is 631 g/mol. The van der Waals surface area contributed by atoms with Crippen LogP contribution in [-0.2, 0) is 34.5 Å². The molecule has 0 spiro atoms. The third-order valence-corrected chi connectivity index (χ3v) is 18.0. The molecular formula is C36H55NO8Si2. The van der Waals surface area contributed by atoms with E-state index in [1.807, 2.05) is 30.3 Å². The summed E-state index contributed by atoms with van der Waals surface area (Å²) in [4.78, 5) is 39.4. The van der Waals surface area contributed by atoms with Crippen molar-refractivity contribution in [1.29, 1.82) is 0 Å². The number of carbonyl (C=O) groups excluding carboxylic acids is 3. The van der Waals surface area contributed by atoms with E-state index in [4.69, 9.17) is 23.1 Å². The normalized spacial score (nSPS) is 15.0. The molecule has 2 rings (SSSR count). The summed E-state index contributed by atoms with van der Waals surface area (Å²) in [7, 11) is -5.02. The van der Waals surface area contributed by atoms with E-state index in [0.717, 1.165) is 5.56 Å². The van der Waals surface area contributed by atoms with Crippen LogP contribution in [0.5, 0.6) is 0 Å². The Bertz CT molecular complexity index is 1320. The molecule has 11 heteroatoms. The lowest BCUT2D eigenvalue weighted by Crippen LogP contribution is -2.61. The van der Waals surface area contributed by atoms with Crippen molar-refractivity contribution in [3.05, 3.63) is 84.4 Å². The summed E-state index contributed by atoms with van der Waals surface area (Å²) >= 11 is 0. The Labute approximate surface area is 283 Å². The average molecular weight is 686 g/mol. The predicted molar refractivity (Wildman–Crippen MR) is 190 cm³/mol. The van der Waals surface area contributed by atoms with Gasteiger partial charge in [-0.25, -0.2) is 9.59 Å². The van der Waals surface area contributed by atoms with E-state index in [1.165, 1.54) is 13.0 Å². The molecule has 2 aromatic carbocycles. The van der Waals surface area contributed by atoms with Crippen molar-refractivity contribution < 1.29 is 37.4 Å². The van der Waals surface area contributed by atoms with Crippen LogP contribution in [0.15, 0.2) is 73.3 Å². The zero-order valence-electron chi connectivity index (χ0n) is 30.0. The fourth-order valence-corrected chi connectivity index (χ4v) is 6.43. The highest BCUT2D eigenvalue weighted by Gasteiger charge is 2.48. The second-order valence-electron chi connectivity index (χ2n) is 14.8. The average Bonchev–Trinajstić information content (AvgIpc) is 2.98. The van der Waals surface area contributed by atoms with Gasteiger partial charge in [-0.2, -0.15) is 0 Å². The SMILES string of the molecule is C=C[C@H](OC(C)=O)[C@@H](OC(=O)c1ccccc1)[C@@H](O[Si](C)(C)C(C)(C)C)[C@@H](CO[Si](C)(C)C(C)(C)C)NC(=O)OCc1ccccc1. The molecule has 0 bridgehead atoms. The minimum absolute atomic E-state index is 0.0273. The molecule has 1 N–H and O–H groups in total. The lowest BCUT2D eigenvalue weighted by molar-refractivity contribution is -0.153. The number of nitrogens with one attached hydrogen (secondary N) is 1. The summed E-state index contributed by atoms with van der Waals surface area (Å²) in [6.45, 7) is 26.2. The lowest BCUT2D eigenvalue weighted by Gasteiger charge is -2.45. The van der Waals surface area contributed by atoms with Crippen molar-refractivity contribution >= 4 is 34.7 Å². The highest BCUT2D eigenvalue weighted by atomic mass is 28.4. The molecule has 0 radical (unpaired) electrons. The van der Waals surface area contributed by atoms with E-state index < -0.39 is 59.0 Å². The third-order valence-electron chi connectivity index (χ3n) is 9.01. The first-order valence-electron chi connectivity index (χ1n) is 16.0. The zero-order chi connectivity index (χ0) is 35.6. The number of benzene rings is 2. The van der Waals surface area contributed by atoms with Crippen molar-refractivity contribution in [1.82, 2.24) is 5.32 Å². The summed E-state index contributed by atoms with van der Waals surface area (Å²) in [5, 5.41) is 2.57. The fraction of sp³-hybridized carbons (Fsp3) is 0.528. The minimum Gasteiger partial charge on any atom is -0.454 e. The standard InChI is InChI=1S/C36H55NO8Si2/c1-13-30(43-26(2)38)32(44-33(39)28-22-18-15-19-23-28)31(45-47(11,12)36(6,7)8)29(25-42-46(9,10)35(3,4)5)37-34(40)41-24-27-20-16-14-17-21-27/h13-23,29-32H,1,24-25H2,2-12H3,(H,37,40)/t29-,30+,31+,32-/m1/s1. The number of rotatable bonds is 15. The maximum absolute atomic E-state index is 13.6. The van der Waals surface area contributed by atoms with Crippen LogP contribution >= 0.6 is 0 Å². The van der Waals surface area contributed by atoms with Gasteiger partial charge in [0, 0.05) is 6.92 Å². The molecule has 0 unspecified atom stereocenters. The van der Waals surface area contributed by atoms with Gasteiger partial charge < -0.3 is 28.4 Å². The van der Waals surface area contributed by atoms with Crippen molar-refractivity contribution in [3.8, 4) is 0 Å². The topological polar surface area (TPSA) is 109 Å². The van der Waals surface area contributed by atoms with Crippen LogP contribution in [0.3, 0.4) is 0 Å². The van der Waals surface area contributed by atoms with Gasteiger partial charge in [-0.15, -0.1) is 0 Å². The fourth-order valence-electron chi connectivity index (χ4n) is 4.07. The van der Waals surface area contributed by atoms with Gasteiger partial charge >= 0.3 is 18.0 Å². The van der Waals surface area contributed by atoms with Crippen LogP contribution < -0.4 is 5.32 Å². The Hall–Kier alpha value is -3.26. The number of amides is 1. The maximum atomic E-state index is 13.6. The molecule has 1 amide bonds. The van der Waals surface area contributed by atoms with Gasteiger partial charge in [0.05, 0.1) is 18.2 Å². The first-order valence-corrected chi connectivity index (χ1v) is 21.8. The van der Waals surface area contributed by atoms with Crippen LogP contribution in [0.1, 0.15) is 64.4 Å². The van der Waals surface area contributed by atoms with E-state index in [0.29, 0.717) is 5.56 Å². The van der Waals surface area contributed by atoms with Crippen LogP contribution in [0.25, 0.3) is 0 Å². The van der Waals surface area contributed by atoms with Crippen molar-refractivity contribution in [2.24, 2.45) is 0 Å². The molecule has 0 heterocycles. The molecule has 0 aliphatic heterocycles. The molecule has 0 aliphatic carbocycles. The summed E-state index contributed by atoms with van der Waals surface area (Å²) in [5.41, 5.74) is 1.13. The quantitative estimate of drug-likeness (QED) is 0.0869. The van der Waals surface area contributed by atoms with Crippen molar-refractivity contribution in [2.75, 3.05) is 6.61 Å². The molecule has 47 heavy (non-hydrogen) atoms. The van der Waals surface area contributed by atoms with E-state index in [9.17, 15) is 14.4 Å². The number of hydrogen-bond acceptors (Lipinski definition) is 8. The molecule has 9 nitrogen and oxygen atoms in total. The van der Waals surface area contributed by atoms with E-state index >= 15 is 0 Å². The highest BCUT2D eigenvalue weighted by Crippen LogP contribution is 2.40. The van der Waals surface area contributed by atoms with Gasteiger partial charge in [-0.05, 0) is 60.0 Å². The summed E-state index contributed by atoms with van der Waals surface area (Å²) in [6, 6.07) is 17.0. The molecule has 0 fully saturated rings. The number of esters is 2. The van der Waals surface area contributed by atoms with Crippen LogP contribution in [0.2, 0.25) is 36.3 Å². The summed E-state index contributed by atoms with van der Waals surface area (Å²) < 4.78 is 31.2. The Kier molecular flexibility index (Phi) is 14.2. The molecule has 2 aromatic rings. The molecule has 4 atom stereocenters. The molecule has 0 aliphatic rings. The Morgan fingerprint density at radius 2 is 1.34 bits per heavy atom. The first-order chi connectivity index (χ1) is 21.7. The monoisotopic (exact) mass is 685 g/mol. The van der Waals surface area contributed by atoms with E-state index in [1.54, 1.807) is 30.3 Å². The molecule has 0 saturated heterocycles. The first kappa shape index (κ1) is 39.9. The molecule has 0 saturated carbocycles. The minimum atomic E-state index is -2.66. The smallest absolute Gasteiger partial charge is 0.407 e. The van der Waals surface area contributed by atoms with E-state index in [2.05, 4.69) is 79.6 Å². The summed E-state index contributed by atoms with van der Waals surface area (Å²) in [6.07, 6.45) is -2.63. The second kappa shape index (κ2) is 16.7. The molecule has 260 valence electrons. The van der Waals surface area contributed by atoms with Crippen molar-refractivity contribution in [3.63, 3.8) is 0 Å². The van der Waals surface area contributed by atoms with Gasteiger partial charge in [-0.3, -0.25) is 4.79 Å². The Morgan fingerprint density at radius 3 is 1.83 bits per heavy atom. The summed E-state index contributed by atoms with van der Waals surface area (Å²) in [5.74, 6) is -1.24. The van der Waals surface area contributed by atoms with Crippen LogP contribution in [0, 0.1) is 0 Å². The highest BCUT2D eigenvalue weighted by molar-refractivity contribution is 6.74. The van der Waals surface area contributed by atoms with Gasteiger partial charge in [0.25, 0.3) is 0 Å². The molecule has 0 aromatic heterocycles. The second-order valence-corrected chi connectivity index (χ2v) is 24.3. The number of hydrogen-bond donors (Lipinski definition) is 1. The Morgan fingerprint density at radius 1 is 0.809 bits per heavy atom. The number of alkyl carbamates (subject to hydrolysis) is 1. The number of carbonyl (C=O) groups is 3. The maximum Gasteiger partial charge on any atom is 0.407 e. The predicted octanol–water partition coefficient (Wildman–Crippen LogP) is 8.04. The Balaban J connectivity index is 2.69. The van der Waals surface area contributed by atoms with Gasteiger partial charge in [-0.1, -0.05) is 96.7 Å². The van der Waals surface area contributed by atoms with Gasteiger partial charge in [0.1, 0.15) is 12.7 Å². The zero-order valence-corrected chi connectivity index (χ0v) is 32.0. The number of ether oxygens (including phenoxy) is 3. The van der Waals surface area contributed by atoms with E-state index in [-0.39, 0.29) is 23.3 Å².